The molecule has 2 aromatic heterocycles. The summed E-state index contributed by atoms with van der Waals surface area (Å²) in [6.07, 6.45) is 3.92. The molecule has 0 fully saturated rings. The Bertz CT molecular complexity index is 607. The summed E-state index contributed by atoms with van der Waals surface area (Å²) in [5.74, 6) is 0. The minimum atomic E-state index is -3.48. The van der Waals surface area contributed by atoms with E-state index in [4.69, 9.17) is 5.11 Å². The van der Waals surface area contributed by atoms with E-state index in [-0.39, 0.29) is 10.8 Å². The van der Waals surface area contributed by atoms with Crippen molar-refractivity contribution in [3.05, 3.63) is 29.4 Å². The van der Waals surface area contributed by atoms with E-state index in [9.17, 15) is 8.42 Å². The summed E-state index contributed by atoms with van der Waals surface area (Å²) >= 11 is 1.07. The van der Waals surface area contributed by atoms with Crippen LogP contribution in [0.4, 0.5) is 0 Å². The van der Waals surface area contributed by atoms with Gasteiger partial charge < -0.3 is 5.11 Å². The van der Waals surface area contributed by atoms with Crippen molar-refractivity contribution in [2.75, 3.05) is 6.54 Å². The first kappa shape index (κ1) is 14.1. The molecule has 19 heavy (non-hydrogen) atoms. The predicted molar refractivity (Wildman–Crippen MR) is 70.1 cm³/mol. The second-order valence-electron chi connectivity index (χ2n) is 3.80. The predicted octanol–water partition coefficient (Wildman–Crippen LogP) is 0.200. The summed E-state index contributed by atoms with van der Waals surface area (Å²) in [6.45, 7) is 0.788. The molecule has 0 saturated heterocycles. The molecule has 9 heteroatoms. The maximum atomic E-state index is 11.9. The third-order valence-corrected chi connectivity index (χ3v) is 5.41. The maximum Gasteiger partial charge on any atom is 0.250 e. The van der Waals surface area contributed by atoms with Crippen LogP contribution in [0.3, 0.4) is 0 Å². The van der Waals surface area contributed by atoms with E-state index in [1.165, 1.54) is 6.07 Å². The fourth-order valence-electron chi connectivity index (χ4n) is 1.46. The number of nitrogens with zero attached hydrogens (tertiary/aromatic N) is 3. The second-order valence-corrected chi connectivity index (χ2v) is 6.96. The summed E-state index contributed by atoms with van der Waals surface area (Å²) in [6, 6.07) is 3.10. The van der Waals surface area contributed by atoms with Gasteiger partial charge in [0.05, 0.1) is 12.8 Å². The molecule has 2 N–H and O–H groups in total. The average molecular weight is 302 g/mol. The van der Waals surface area contributed by atoms with Crippen molar-refractivity contribution in [2.24, 2.45) is 0 Å². The number of thiophene rings is 1. The SMILES string of the molecule is O=S(=O)(NCCCn1ccnn1)c1ccc(CO)s1. The lowest BCUT2D eigenvalue weighted by Gasteiger charge is -2.04. The molecule has 0 amide bonds. The van der Waals surface area contributed by atoms with E-state index < -0.39 is 10.0 Å². The molecule has 0 aliphatic heterocycles. The van der Waals surface area contributed by atoms with E-state index in [2.05, 4.69) is 15.0 Å². The van der Waals surface area contributed by atoms with E-state index in [1.54, 1.807) is 23.1 Å². The van der Waals surface area contributed by atoms with Crippen molar-refractivity contribution < 1.29 is 13.5 Å². The number of hydrogen-bond acceptors (Lipinski definition) is 6. The Labute approximate surface area is 114 Å². The molecule has 0 aliphatic carbocycles. The molecule has 0 saturated carbocycles. The molecule has 0 aliphatic rings. The molecule has 0 unspecified atom stereocenters. The molecule has 2 aromatic rings. The van der Waals surface area contributed by atoms with E-state index in [1.807, 2.05) is 0 Å². The second kappa shape index (κ2) is 6.24. The van der Waals surface area contributed by atoms with E-state index >= 15 is 0 Å². The average Bonchev–Trinajstić information content (AvgIpc) is 3.05. The van der Waals surface area contributed by atoms with Crippen LogP contribution in [0, 0.1) is 0 Å². The Kier molecular flexibility index (Phi) is 4.64. The van der Waals surface area contributed by atoms with Crippen molar-refractivity contribution >= 4 is 21.4 Å². The summed E-state index contributed by atoms with van der Waals surface area (Å²) in [4.78, 5) is 0.628. The molecule has 104 valence electrons. The van der Waals surface area contributed by atoms with Crippen LogP contribution in [0.1, 0.15) is 11.3 Å². The van der Waals surface area contributed by atoms with Crippen LogP contribution in [0.25, 0.3) is 0 Å². The fourth-order valence-corrected chi connectivity index (χ4v) is 3.79. The third-order valence-electron chi connectivity index (χ3n) is 2.39. The number of hydrogen-bond donors (Lipinski definition) is 2. The Hall–Kier alpha value is -1.29. The topological polar surface area (TPSA) is 97.1 Å². The van der Waals surface area contributed by atoms with Crippen molar-refractivity contribution in [3.8, 4) is 0 Å². The van der Waals surface area contributed by atoms with Gasteiger partial charge in [0.1, 0.15) is 4.21 Å². The van der Waals surface area contributed by atoms with Gasteiger partial charge in [0.15, 0.2) is 0 Å². The highest BCUT2D eigenvalue weighted by atomic mass is 32.2. The number of aliphatic hydroxyl groups is 1. The van der Waals surface area contributed by atoms with Crippen LogP contribution >= 0.6 is 11.3 Å². The molecule has 2 heterocycles. The van der Waals surface area contributed by atoms with Gasteiger partial charge in [0.2, 0.25) is 10.0 Å². The van der Waals surface area contributed by atoms with Gasteiger partial charge in [-0.05, 0) is 18.6 Å². The Morgan fingerprint density at radius 1 is 1.42 bits per heavy atom. The highest BCUT2D eigenvalue weighted by molar-refractivity contribution is 7.91. The van der Waals surface area contributed by atoms with Gasteiger partial charge in [-0.3, -0.25) is 4.68 Å². The van der Waals surface area contributed by atoms with Gasteiger partial charge in [-0.1, -0.05) is 5.21 Å². The smallest absolute Gasteiger partial charge is 0.250 e. The van der Waals surface area contributed by atoms with Gasteiger partial charge >= 0.3 is 0 Å². The first-order chi connectivity index (χ1) is 9.12. The van der Waals surface area contributed by atoms with Gasteiger partial charge in [-0.25, -0.2) is 13.1 Å². The number of aliphatic hydroxyl groups excluding tert-OH is 1. The van der Waals surface area contributed by atoms with E-state index in [0.717, 1.165) is 11.3 Å². The van der Waals surface area contributed by atoms with Crippen molar-refractivity contribution in [3.63, 3.8) is 0 Å². The lowest BCUT2D eigenvalue weighted by atomic mass is 10.4. The van der Waals surface area contributed by atoms with E-state index in [0.29, 0.717) is 24.4 Å². The van der Waals surface area contributed by atoms with Crippen LogP contribution in [0.5, 0.6) is 0 Å². The van der Waals surface area contributed by atoms with Gasteiger partial charge in [0.25, 0.3) is 0 Å². The van der Waals surface area contributed by atoms with Crippen LogP contribution in [-0.2, 0) is 23.2 Å². The number of nitrogens with one attached hydrogen (secondary N) is 1. The first-order valence-corrected chi connectivity index (χ1v) is 7.95. The zero-order valence-corrected chi connectivity index (χ0v) is 11.7. The number of sulfonamides is 1. The van der Waals surface area contributed by atoms with Crippen LogP contribution in [-0.4, -0.2) is 35.1 Å². The monoisotopic (exact) mass is 302 g/mol. The maximum absolute atomic E-state index is 11.9. The number of aromatic nitrogens is 3. The fraction of sp³-hybridized carbons (Fsp3) is 0.400. The molecule has 0 spiro atoms. The Morgan fingerprint density at radius 3 is 2.89 bits per heavy atom. The molecule has 2 rings (SSSR count). The van der Waals surface area contributed by atoms with Crippen molar-refractivity contribution in [2.45, 2.75) is 23.8 Å². The molecule has 0 aromatic carbocycles. The molecule has 0 radical (unpaired) electrons. The minimum Gasteiger partial charge on any atom is -0.391 e. The Balaban J connectivity index is 1.84. The first-order valence-electron chi connectivity index (χ1n) is 5.65. The largest absolute Gasteiger partial charge is 0.391 e. The van der Waals surface area contributed by atoms with Gasteiger partial charge in [-0.15, -0.1) is 16.4 Å². The third kappa shape index (κ3) is 3.83. The minimum absolute atomic E-state index is 0.146. The summed E-state index contributed by atoms with van der Waals surface area (Å²) in [7, 11) is -3.48. The zero-order valence-electron chi connectivity index (χ0n) is 10.1. The summed E-state index contributed by atoms with van der Waals surface area (Å²) in [5, 5.41) is 16.4. The van der Waals surface area contributed by atoms with Crippen LogP contribution < -0.4 is 4.72 Å². The molecular weight excluding hydrogens is 288 g/mol. The molecular formula is C10H14N4O3S2. The summed E-state index contributed by atoms with van der Waals surface area (Å²) in [5.41, 5.74) is 0. The quantitative estimate of drug-likeness (QED) is 0.712. The van der Waals surface area contributed by atoms with Crippen molar-refractivity contribution in [1.29, 1.82) is 0 Å². The van der Waals surface area contributed by atoms with Crippen molar-refractivity contribution in [1.82, 2.24) is 19.7 Å². The molecule has 0 bridgehead atoms. The highest BCUT2D eigenvalue weighted by Crippen LogP contribution is 2.21. The van der Waals surface area contributed by atoms with Crippen LogP contribution in [0.15, 0.2) is 28.7 Å². The summed E-state index contributed by atoms with van der Waals surface area (Å²) < 4.78 is 28.2. The lowest BCUT2D eigenvalue weighted by molar-refractivity contribution is 0.285. The van der Waals surface area contributed by atoms with Gasteiger partial charge in [-0.2, -0.15) is 0 Å². The highest BCUT2D eigenvalue weighted by Gasteiger charge is 2.15. The zero-order chi connectivity index (χ0) is 13.7. The normalized spacial score (nSPS) is 11.8. The standard InChI is InChI=1S/C10H14N4O3S2/c15-8-9-2-3-10(18-9)19(16,17)12-4-1-6-14-7-5-11-13-14/h2-3,5,7,12,15H,1,4,6,8H2. The van der Waals surface area contributed by atoms with Gasteiger partial charge in [0, 0.05) is 24.2 Å². The van der Waals surface area contributed by atoms with Crippen LogP contribution in [0.2, 0.25) is 0 Å². The Morgan fingerprint density at radius 2 is 2.26 bits per heavy atom. The molecule has 7 nitrogen and oxygen atoms in total. The number of rotatable bonds is 7. The number of aryl methyl sites for hydroxylation is 1. The molecule has 0 atom stereocenters. The lowest BCUT2D eigenvalue weighted by Crippen LogP contribution is -2.24.